The van der Waals surface area contributed by atoms with Crippen molar-refractivity contribution in [1.82, 2.24) is 20.0 Å². The fourth-order valence-corrected chi connectivity index (χ4v) is 4.56. The molecule has 3 rings (SSSR count). The standard InChI is InChI=1S/C14H12ClF3N4O4S/c1-4-3-27-12-6(11(24)22(12)7(4)13(25)26)19-10(23)8-5(15)9(14(16,17)18)20-21(8)2/h6,12H,3H2,1-2H3,(H,19,23)(H,25,26)/t6-,12-/m0/s1. The highest BCUT2D eigenvalue weighted by molar-refractivity contribution is 8.00. The Bertz CT molecular complexity index is 898. The Hall–Kier alpha value is -2.21. The summed E-state index contributed by atoms with van der Waals surface area (Å²) in [5, 5.41) is 13.3. The van der Waals surface area contributed by atoms with Gasteiger partial charge in [0.25, 0.3) is 11.8 Å². The first-order chi connectivity index (χ1) is 12.4. The number of carbonyl (C=O) groups excluding carboxylic acids is 2. The summed E-state index contributed by atoms with van der Waals surface area (Å²) < 4.78 is 39.3. The van der Waals surface area contributed by atoms with Gasteiger partial charge in [0.2, 0.25) is 0 Å². The van der Waals surface area contributed by atoms with Crippen LogP contribution in [0.25, 0.3) is 0 Å². The molecule has 1 saturated heterocycles. The average molecular weight is 425 g/mol. The third kappa shape index (κ3) is 3.06. The Balaban J connectivity index is 1.83. The lowest BCUT2D eigenvalue weighted by atomic mass is 10.0. The van der Waals surface area contributed by atoms with Crippen LogP contribution in [0.3, 0.4) is 0 Å². The molecule has 1 aromatic rings. The van der Waals surface area contributed by atoms with Crippen LogP contribution < -0.4 is 5.32 Å². The summed E-state index contributed by atoms with van der Waals surface area (Å²) in [4.78, 5) is 37.1. The lowest BCUT2D eigenvalue weighted by Crippen LogP contribution is -2.70. The number of carboxylic acid groups (broad SMARTS) is 1. The molecule has 0 aromatic carbocycles. The quantitative estimate of drug-likeness (QED) is 0.712. The van der Waals surface area contributed by atoms with E-state index in [0.717, 1.165) is 11.9 Å². The zero-order chi connectivity index (χ0) is 20.3. The Kier molecular flexibility index (Phi) is 4.67. The molecule has 8 nitrogen and oxygen atoms in total. The van der Waals surface area contributed by atoms with Gasteiger partial charge in [-0.1, -0.05) is 11.6 Å². The molecule has 27 heavy (non-hydrogen) atoms. The van der Waals surface area contributed by atoms with Gasteiger partial charge in [-0.05, 0) is 12.5 Å². The normalized spacial score (nSPS) is 22.4. The fourth-order valence-electron chi connectivity index (χ4n) is 2.91. The number of carbonyl (C=O) groups is 3. The molecule has 2 N–H and O–H groups in total. The molecule has 1 aromatic heterocycles. The van der Waals surface area contributed by atoms with Crippen molar-refractivity contribution < 1.29 is 32.7 Å². The topological polar surface area (TPSA) is 105 Å². The van der Waals surface area contributed by atoms with Crippen molar-refractivity contribution in [3.8, 4) is 0 Å². The van der Waals surface area contributed by atoms with E-state index in [2.05, 4.69) is 10.4 Å². The molecule has 0 bridgehead atoms. The summed E-state index contributed by atoms with van der Waals surface area (Å²) in [7, 11) is 1.12. The Labute approximate surface area is 159 Å². The van der Waals surface area contributed by atoms with Crippen LogP contribution in [-0.2, 0) is 22.8 Å². The lowest BCUT2D eigenvalue weighted by Gasteiger charge is -2.49. The second-order valence-electron chi connectivity index (χ2n) is 5.93. The third-order valence-corrected chi connectivity index (χ3v) is 5.90. The number of β-lactam (4-membered cyclic amide) rings is 1. The summed E-state index contributed by atoms with van der Waals surface area (Å²) in [6, 6.07) is -1.08. The van der Waals surface area contributed by atoms with Gasteiger partial charge in [-0.3, -0.25) is 19.2 Å². The molecule has 13 heteroatoms. The van der Waals surface area contributed by atoms with Crippen LogP contribution in [0.2, 0.25) is 5.02 Å². The molecular formula is C14H12ClF3N4O4S. The van der Waals surface area contributed by atoms with Crippen LogP contribution in [-0.4, -0.2) is 54.7 Å². The van der Waals surface area contributed by atoms with Crippen LogP contribution in [0, 0.1) is 0 Å². The van der Waals surface area contributed by atoms with Crippen molar-refractivity contribution in [3.63, 3.8) is 0 Å². The van der Waals surface area contributed by atoms with Crippen LogP contribution >= 0.6 is 23.4 Å². The monoisotopic (exact) mass is 424 g/mol. The van der Waals surface area contributed by atoms with Gasteiger partial charge >= 0.3 is 12.1 Å². The van der Waals surface area contributed by atoms with Crippen LogP contribution in [0.4, 0.5) is 13.2 Å². The zero-order valence-electron chi connectivity index (χ0n) is 13.8. The second kappa shape index (κ2) is 6.44. The first kappa shape index (κ1) is 19.5. The van der Waals surface area contributed by atoms with Gasteiger partial charge in [-0.2, -0.15) is 18.3 Å². The van der Waals surface area contributed by atoms with Gasteiger partial charge in [0.1, 0.15) is 27.8 Å². The third-order valence-electron chi connectivity index (χ3n) is 4.12. The summed E-state index contributed by atoms with van der Waals surface area (Å²) in [6.07, 6.45) is -4.84. The summed E-state index contributed by atoms with van der Waals surface area (Å²) >= 11 is 6.90. The molecule has 2 aliphatic rings. The maximum absolute atomic E-state index is 12.9. The van der Waals surface area contributed by atoms with Crippen LogP contribution in [0.15, 0.2) is 11.3 Å². The van der Waals surface area contributed by atoms with Crippen molar-refractivity contribution in [3.05, 3.63) is 27.7 Å². The zero-order valence-corrected chi connectivity index (χ0v) is 15.4. The van der Waals surface area contributed by atoms with Gasteiger partial charge in [0, 0.05) is 12.8 Å². The maximum atomic E-state index is 12.9. The van der Waals surface area contributed by atoms with Crippen molar-refractivity contribution in [2.24, 2.45) is 7.05 Å². The molecule has 0 aliphatic carbocycles. The molecule has 2 atom stereocenters. The highest BCUT2D eigenvalue weighted by Gasteiger charge is 2.54. The number of nitrogens with zero attached hydrogens (tertiary/aromatic N) is 3. The van der Waals surface area contributed by atoms with Crippen LogP contribution in [0.5, 0.6) is 0 Å². The molecule has 1 fully saturated rings. The van der Waals surface area contributed by atoms with Crippen molar-refractivity contribution in [2.45, 2.75) is 24.5 Å². The first-order valence-electron chi connectivity index (χ1n) is 7.43. The number of thioether (sulfide) groups is 1. The molecule has 146 valence electrons. The largest absolute Gasteiger partial charge is 0.477 e. The van der Waals surface area contributed by atoms with E-state index in [1.54, 1.807) is 6.92 Å². The van der Waals surface area contributed by atoms with Gasteiger partial charge in [-0.15, -0.1) is 11.8 Å². The Morgan fingerprint density at radius 1 is 1.41 bits per heavy atom. The van der Waals surface area contributed by atoms with E-state index in [1.165, 1.54) is 11.8 Å². The van der Waals surface area contributed by atoms with E-state index in [0.29, 0.717) is 16.0 Å². The van der Waals surface area contributed by atoms with E-state index in [-0.39, 0.29) is 5.70 Å². The van der Waals surface area contributed by atoms with E-state index < -0.39 is 51.8 Å². The second-order valence-corrected chi connectivity index (χ2v) is 7.41. The minimum absolute atomic E-state index is 0.146. The fraction of sp³-hybridized carbons (Fsp3) is 0.429. The van der Waals surface area contributed by atoms with Gasteiger partial charge in [0.05, 0.1) is 0 Å². The lowest BCUT2D eigenvalue weighted by molar-refractivity contribution is -0.148. The molecule has 0 saturated carbocycles. The number of fused-ring (bicyclic) bond motifs is 1. The van der Waals surface area contributed by atoms with Crippen molar-refractivity contribution in [2.75, 3.05) is 5.75 Å². The number of aromatic nitrogens is 2. The number of rotatable bonds is 3. The van der Waals surface area contributed by atoms with E-state index in [9.17, 15) is 32.7 Å². The molecule has 3 heterocycles. The molecular weight excluding hydrogens is 413 g/mol. The van der Waals surface area contributed by atoms with Crippen LogP contribution in [0.1, 0.15) is 23.1 Å². The van der Waals surface area contributed by atoms with Gasteiger partial charge in [-0.25, -0.2) is 4.79 Å². The number of hydrogen-bond donors (Lipinski definition) is 2. The predicted molar refractivity (Wildman–Crippen MR) is 87.9 cm³/mol. The highest BCUT2D eigenvalue weighted by atomic mass is 35.5. The Morgan fingerprint density at radius 2 is 2.04 bits per heavy atom. The number of aliphatic carboxylic acids is 1. The SMILES string of the molecule is CC1=C(C(=O)O)N2C(=O)[C@H](NC(=O)c3c(Cl)c(C(F)(F)F)nn3C)[C@@H]2SC1. The number of aryl methyl sites for hydroxylation is 1. The maximum Gasteiger partial charge on any atom is 0.436 e. The molecule has 0 spiro atoms. The molecule has 0 radical (unpaired) electrons. The van der Waals surface area contributed by atoms with E-state index in [4.69, 9.17) is 11.6 Å². The number of carboxylic acids is 1. The van der Waals surface area contributed by atoms with E-state index in [1.807, 2.05) is 0 Å². The number of alkyl halides is 3. The Morgan fingerprint density at radius 3 is 2.56 bits per heavy atom. The molecule has 0 unspecified atom stereocenters. The summed E-state index contributed by atoms with van der Waals surface area (Å²) in [5.41, 5.74) is -1.59. The summed E-state index contributed by atoms with van der Waals surface area (Å²) in [5.74, 6) is -2.59. The number of amides is 2. The molecule has 2 amide bonds. The smallest absolute Gasteiger partial charge is 0.436 e. The highest BCUT2D eigenvalue weighted by Crippen LogP contribution is 2.40. The van der Waals surface area contributed by atoms with E-state index >= 15 is 0 Å². The first-order valence-corrected chi connectivity index (χ1v) is 8.86. The molecule has 2 aliphatic heterocycles. The summed E-state index contributed by atoms with van der Waals surface area (Å²) in [6.45, 7) is 1.58. The number of nitrogens with one attached hydrogen (secondary N) is 1. The van der Waals surface area contributed by atoms with Crippen molar-refractivity contribution in [1.29, 1.82) is 0 Å². The number of halogens is 4. The van der Waals surface area contributed by atoms with Crippen molar-refractivity contribution >= 4 is 41.1 Å². The predicted octanol–water partition coefficient (Wildman–Crippen LogP) is 1.46. The van der Waals surface area contributed by atoms with Gasteiger partial charge in [0.15, 0.2) is 5.69 Å². The number of hydrogen-bond acceptors (Lipinski definition) is 5. The minimum atomic E-state index is -4.84. The van der Waals surface area contributed by atoms with Gasteiger partial charge < -0.3 is 10.4 Å². The minimum Gasteiger partial charge on any atom is -0.477 e. The average Bonchev–Trinajstić information content (AvgIpc) is 2.86.